The number of methoxy groups -OCH3 is 1. The largest absolute Gasteiger partial charge is 0.469 e. The maximum absolute atomic E-state index is 11.2. The minimum atomic E-state index is -0.0816. The summed E-state index contributed by atoms with van der Waals surface area (Å²) >= 11 is 0. The molecule has 1 saturated heterocycles. The van der Waals surface area contributed by atoms with Crippen molar-refractivity contribution in [2.45, 2.75) is 38.8 Å². The van der Waals surface area contributed by atoms with Crippen molar-refractivity contribution < 1.29 is 9.53 Å². The first-order chi connectivity index (χ1) is 5.65. The summed E-state index contributed by atoms with van der Waals surface area (Å²) in [6.45, 7) is 4.18. The summed E-state index contributed by atoms with van der Waals surface area (Å²) < 4.78 is 4.72. The molecule has 1 N–H and O–H groups in total. The summed E-state index contributed by atoms with van der Waals surface area (Å²) in [6, 6.07) is 0.780. The minimum absolute atomic E-state index is 0.0474. The molecule has 0 aromatic carbocycles. The second-order valence-electron chi connectivity index (χ2n) is 3.56. The van der Waals surface area contributed by atoms with E-state index in [0.717, 1.165) is 12.8 Å². The fourth-order valence-electron chi connectivity index (χ4n) is 1.80. The van der Waals surface area contributed by atoms with Gasteiger partial charge in [0.2, 0.25) is 0 Å². The van der Waals surface area contributed by atoms with Gasteiger partial charge in [-0.15, -0.1) is 0 Å². The maximum Gasteiger partial charge on any atom is 0.310 e. The van der Waals surface area contributed by atoms with E-state index in [-0.39, 0.29) is 17.9 Å². The van der Waals surface area contributed by atoms with Crippen LogP contribution in [0.15, 0.2) is 0 Å². The predicted octanol–water partition coefficient (Wildman–Crippen LogP) is 0.936. The molecule has 3 atom stereocenters. The molecule has 0 unspecified atom stereocenters. The van der Waals surface area contributed by atoms with Gasteiger partial charge in [-0.2, -0.15) is 0 Å². The summed E-state index contributed by atoms with van der Waals surface area (Å²) in [4.78, 5) is 11.2. The Kier molecular flexibility index (Phi) is 3.09. The van der Waals surface area contributed by atoms with Crippen molar-refractivity contribution in [3.63, 3.8) is 0 Å². The van der Waals surface area contributed by atoms with E-state index in [4.69, 9.17) is 4.74 Å². The van der Waals surface area contributed by atoms with Crippen LogP contribution in [0, 0.1) is 5.92 Å². The van der Waals surface area contributed by atoms with Gasteiger partial charge in [0.25, 0.3) is 0 Å². The van der Waals surface area contributed by atoms with E-state index < -0.39 is 0 Å². The molecule has 1 aliphatic heterocycles. The van der Waals surface area contributed by atoms with Crippen LogP contribution in [0.25, 0.3) is 0 Å². The van der Waals surface area contributed by atoms with Crippen molar-refractivity contribution in [1.29, 1.82) is 0 Å². The first kappa shape index (κ1) is 9.52. The number of rotatable bonds is 1. The van der Waals surface area contributed by atoms with Crippen LogP contribution >= 0.6 is 0 Å². The van der Waals surface area contributed by atoms with Crippen LogP contribution < -0.4 is 5.32 Å². The Labute approximate surface area is 73.5 Å². The topological polar surface area (TPSA) is 38.3 Å². The van der Waals surface area contributed by atoms with Crippen molar-refractivity contribution in [2.75, 3.05) is 7.11 Å². The number of hydrogen-bond acceptors (Lipinski definition) is 3. The highest BCUT2D eigenvalue weighted by Crippen LogP contribution is 2.20. The van der Waals surface area contributed by atoms with Gasteiger partial charge in [-0.3, -0.25) is 4.79 Å². The second kappa shape index (κ2) is 3.90. The first-order valence-corrected chi connectivity index (χ1v) is 4.49. The smallest absolute Gasteiger partial charge is 0.310 e. The third-order valence-electron chi connectivity index (χ3n) is 2.57. The van der Waals surface area contributed by atoms with Crippen molar-refractivity contribution in [3.05, 3.63) is 0 Å². The molecule has 1 fully saturated rings. The Morgan fingerprint density at radius 1 is 1.42 bits per heavy atom. The number of nitrogens with one attached hydrogen (secondary N) is 1. The Balaban J connectivity index is 2.50. The summed E-state index contributed by atoms with van der Waals surface area (Å²) in [5, 5.41) is 3.34. The number of hydrogen-bond donors (Lipinski definition) is 1. The fraction of sp³-hybridized carbons (Fsp3) is 0.889. The van der Waals surface area contributed by atoms with E-state index in [0.29, 0.717) is 6.04 Å². The number of esters is 1. The van der Waals surface area contributed by atoms with Crippen LogP contribution in [0.1, 0.15) is 26.7 Å². The number of carbonyl (C=O) groups excluding carboxylic acids is 1. The van der Waals surface area contributed by atoms with Gasteiger partial charge >= 0.3 is 5.97 Å². The lowest BCUT2D eigenvalue weighted by Gasteiger charge is -2.32. The molecule has 0 radical (unpaired) electrons. The highest BCUT2D eigenvalue weighted by Gasteiger charge is 2.30. The number of ether oxygens (including phenoxy) is 1. The number of carbonyl (C=O) groups is 1. The van der Waals surface area contributed by atoms with Crippen LogP contribution in [0.3, 0.4) is 0 Å². The zero-order chi connectivity index (χ0) is 9.14. The summed E-state index contributed by atoms with van der Waals surface area (Å²) in [5.41, 5.74) is 0. The first-order valence-electron chi connectivity index (χ1n) is 4.49. The van der Waals surface area contributed by atoms with Gasteiger partial charge in [0.1, 0.15) is 0 Å². The quantitative estimate of drug-likeness (QED) is 0.597. The van der Waals surface area contributed by atoms with Crippen molar-refractivity contribution in [1.82, 2.24) is 5.32 Å². The fourth-order valence-corrected chi connectivity index (χ4v) is 1.80. The van der Waals surface area contributed by atoms with Crippen molar-refractivity contribution in [2.24, 2.45) is 5.92 Å². The van der Waals surface area contributed by atoms with E-state index in [1.165, 1.54) is 7.11 Å². The highest BCUT2D eigenvalue weighted by molar-refractivity contribution is 5.73. The normalized spacial score (nSPS) is 36.1. The molecule has 0 aromatic rings. The second-order valence-corrected chi connectivity index (χ2v) is 3.56. The lowest BCUT2D eigenvalue weighted by atomic mass is 9.89. The highest BCUT2D eigenvalue weighted by atomic mass is 16.5. The van der Waals surface area contributed by atoms with Gasteiger partial charge < -0.3 is 10.1 Å². The molecule has 0 spiro atoms. The van der Waals surface area contributed by atoms with Crippen LogP contribution in [-0.4, -0.2) is 25.2 Å². The Morgan fingerprint density at radius 2 is 2.08 bits per heavy atom. The zero-order valence-corrected chi connectivity index (χ0v) is 7.96. The Morgan fingerprint density at radius 3 is 2.58 bits per heavy atom. The molecule has 0 aliphatic carbocycles. The molecule has 1 aliphatic rings. The van der Waals surface area contributed by atoms with Crippen LogP contribution in [0.2, 0.25) is 0 Å². The molecule has 0 bridgehead atoms. The summed E-state index contributed by atoms with van der Waals surface area (Å²) in [6.07, 6.45) is 2.01. The maximum atomic E-state index is 11.2. The summed E-state index contributed by atoms with van der Waals surface area (Å²) in [5.74, 6) is -0.0342. The molecule has 12 heavy (non-hydrogen) atoms. The Bertz CT molecular complexity index is 170. The molecule has 0 saturated carbocycles. The molecule has 70 valence electrons. The van der Waals surface area contributed by atoms with Gasteiger partial charge in [0, 0.05) is 12.1 Å². The Hall–Kier alpha value is -0.570. The van der Waals surface area contributed by atoms with E-state index >= 15 is 0 Å². The minimum Gasteiger partial charge on any atom is -0.469 e. The molecule has 0 amide bonds. The van der Waals surface area contributed by atoms with Crippen LogP contribution in [0.5, 0.6) is 0 Å². The van der Waals surface area contributed by atoms with Gasteiger partial charge in [-0.05, 0) is 26.7 Å². The van der Waals surface area contributed by atoms with Crippen LogP contribution in [0.4, 0.5) is 0 Å². The van der Waals surface area contributed by atoms with Gasteiger partial charge in [0.05, 0.1) is 13.0 Å². The van der Waals surface area contributed by atoms with Gasteiger partial charge in [-0.1, -0.05) is 0 Å². The summed E-state index contributed by atoms with van der Waals surface area (Å²) in [7, 11) is 1.45. The van der Waals surface area contributed by atoms with E-state index in [1.54, 1.807) is 0 Å². The van der Waals surface area contributed by atoms with Gasteiger partial charge in [-0.25, -0.2) is 0 Å². The molecule has 1 heterocycles. The monoisotopic (exact) mass is 171 g/mol. The average molecular weight is 171 g/mol. The van der Waals surface area contributed by atoms with E-state index in [9.17, 15) is 4.79 Å². The molecular weight excluding hydrogens is 154 g/mol. The molecule has 3 nitrogen and oxygen atoms in total. The SMILES string of the molecule is COC(=O)[C@@H]1CC[C@@H](C)N[C@@H]1C. The van der Waals surface area contributed by atoms with E-state index in [1.807, 2.05) is 6.92 Å². The molecular formula is C9H17NO2. The van der Waals surface area contributed by atoms with Gasteiger partial charge in [0.15, 0.2) is 0 Å². The molecule has 1 rings (SSSR count). The zero-order valence-electron chi connectivity index (χ0n) is 7.96. The lowest BCUT2D eigenvalue weighted by molar-refractivity contribution is -0.147. The lowest BCUT2D eigenvalue weighted by Crippen LogP contribution is -2.47. The standard InChI is InChI=1S/C9H17NO2/c1-6-4-5-8(7(2)10-6)9(11)12-3/h6-8,10H,4-5H2,1-3H3/t6-,7-,8-/m1/s1. The third-order valence-corrected chi connectivity index (χ3v) is 2.57. The molecule has 0 aromatic heterocycles. The average Bonchev–Trinajstić information content (AvgIpc) is 2.03. The van der Waals surface area contributed by atoms with Crippen LogP contribution in [-0.2, 0) is 9.53 Å². The predicted molar refractivity (Wildman–Crippen MR) is 46.8 cm³/mol. The van der Waals surface area contributed by atoms with Crippen molar-refractivity contribution in [3.8, 4) is 0 Å². The van der Waals surface area contributed by atoms with E-state index in [2.05, 4.69) is 12.2 Å². The third kappa shape index (κ3) is 1.97. The van der Waals surface area contributed by atoms with Crippen molar-refractivity contribution >= 4 is 5.97 Å². The molecule has 3 heteroatoms. The number of piperidine rings is 1.